The Bertz CT molecular complexity index is 763. The zero-order chi connectivity index (χ0) is 14.4. The maximum atomic E-state index is 12.6. The molecule has 0 aromatic heterocycles. The molecule has 0 N–H and O–H groups in total. The zero-order valence-corrected chi connectivity index (χ0v) is 11.7. The van der Waals surface area contributed by atoms with Crippen molar-refractivity contribution in [2.24, 2.45) is 0 Å². The SMILES string of the molecule is COc1c(C)cc2c(c1Cl)C(=O)c1ccccc1C2=O. The first-order chi connectivity index (χ1) is 9.56. The summed E-state index contributed by atoms with van der Waals surface area (Å²) >= 11 is 6.26. The fourth-order valence-electron chi connectivity index (χ4n) is 2.57. The van der Waals surface area contributed by atoms with Gasteiger partial charge in [0, 0.05) is 16.7 Å². The van der Waals surface area contributed by atoms with Gasteiger partial charge in [0.25, 0.3) is 0 Å². The predicted octanol–water partition coefficient (Wildman–Crippen LogP) is 3.43. The van der Waals surface area contributed by atoms with Gasteiger partial charge in [-0.2, -0.15) is 0 Å². The molecule has 0 aliphatic heterocycles. The van der Waals surface area contributed by atoms with Crippen molar-refractivity contribution in [2.75, 3.05) is 7.11 Å². The molecule has 0 amide bonds. The van der Waals surface area contributed by atoms with Crippen LogP contribution in [0.2, 0.25) is 5.02 Å². The molecule has 3 nitrogen and oxygen atoms in total. The third-order valence-corrected chi connectivity index (χ3v) is 3.86. The highest BCUT2D eigenvalue weighted by atomic mass is 35.5. The standard InChI is InChI=1S/C16H11ClO3/c1-8-7-11-12(13(17)16(8)20-2)15(19)10-6-4-3-5-9(10)14(11)18/h3-7H,1-2H3. The average molecular weight is 287 g/mol. The van der Waals surface area contributed by atoms with E-state index < -0.39 is 0 Å². The number of ether oxygens (including phenoxy) is 1. The Hall–Kier alpha value is -2.13. The van der Waals surface area contributed by atoms with Crippen LogP contribution in [0.3, 0.4) is 0 Å². The van der Waals surface area contributed by atoms with Crippen molar-refractivity contribution in [3.8, 4) is 5.75 Å². The molecule has 3 rings (SSSR count). The van der Waals surface area contributed by atoms with E-state index in [0.717, 1.165) is 5.56 Å². The molecule has 1 aliphatic carbocycles. The molecule has 0 saturated carbocycles. The number of hydrogen-bond acceptors (Lipinski definition) is 3. The van der Waals surface area contributed by atoms with Crippen LogP contribution in [-0.4, -0.2) is 18.7 Å². The molecular weight excluding hydrogens is 276 g/mol. The second-order valence-corrected chi connectivity index (χ2v) is 5.05. The Morgan fingerprint density at radius 2 is 1.60 bits per heavy atom. The van der Waals surface area contributed by atoms with Gasteiger partial charge < -0.3 is 4.74 Å². The third-order valence-electron chi connectivity index (χ3n) is 3.50. The highest BCUT2D eigenvalue weighted by molar-refractivity contribution is 6.40. The molecule has 0 atom stereocenters. The monoisotopic (exact) mass is 286 g/mol. The first kappa shape index (κ1) is 12.9. The zero-order valence-electron chi connectivity index (χ0n) is 11.0. The fraction of sp³-hybridized carbons (Fsp3) is 0.125. The van der Waals surface area contributed by atoms with Gasteiger partial charge in [-0.25, -0.2) is 0 Å². The lowest BCUT2D eigenvalue weighted by molar-refractivity contribution is 0.0979. The van der Waals surface area contributed by atoms with Gasteiger partial charge in [-0.3, -0.25) is 9.59 Å². The van der Waals surface area contributed by atoms with Gasteiger partial charge in [-0.1, -0.05) is 35.9 Å². The molecule has 4 heteroatoms. The Balaban J connectivity index is 2.37. The molecule has 0 radical (unpaired) electrons. The first-order valence-corrected chi connectivity index (χ1v) is 6.49. The number of halogens is 1. The van der Waals surface area contributed by atoms with Crippen LogP contribution in [0.5, 0.6) is 5.75 Å². The molecule has 0 saturated heterocycles. The maximum absolute atomic E-state index is 12.6. The van der Waals surface area contributed by atoms with Gasteiger partial charge in [0.1, 0.15) is 5.75 Å². The Morgan fingerprint density at radius 3 is 2.20 bits per heavy atom. The normalized spacial score (nSPS) is 12.9. The summed E-state index contributed by atoms with van der Waals surface area (Å²) < 4.78 is 5.22. The number of fused-ring (bicyclic) bond motifs is 2. The van der Waals surface area contributed by atoms with Crippen molar-refractivity contribution in [1.82, 2.24) is 0 Å². The van der Waals surface area contributed by atoms with Crippen LogP contribution in [0.4, 0.5) is 0 Å². The lowest BCUT2D eigenvalue weighted by Crippen LogP contribution is -2.21. The number of carbonyl (C=O) groups is 2. The minimum atomic E-state index is -0.237. The predicted molar refractivity (Wildman–Crippen MR) is 76.0 cm³/mol. The summed E-state index contributed by atoms with van der Waals surface area (Å²) in [5.41, 5.74) is 2.12. The molecule has 0 heterocycles. The van der Waals surface area contributed by atoms with Gasteiger partial charge in [-0.05, 0) is 18.6 Å². The van der Waals surface area contributed by atoms with E-state index in [2.05, 4.69) is 0 Å². The van der Waals surface area contributed by atoms with Gasteiger partial charge in [0.15, 0.2) is 11.6 Å². The molecule has 0 spiro atoms. The van der Waals surface area contributed by atoms with E-state index in [1.165, 1.54) is 7.11 Å². The molecule has 2 aromatic carbocycles. The number of methoxy groups -OCH3 is 1. The number of ketones is 2. The van der Waals surface area contributed by atoms with Gasteiger partial charge in [0.2, 0.25) is 0 Å². The minimum Gasteiger partial charge on any atom is -0.495 e. The lowest BCUT2D eigenvalue weighted by atomic mass is 9.83. The van der Waals surface area contributed by atoms with E-state index in [4.69, 9.17) is 16.3 Å². The van der Waals surface area contributed by atoms with E-state index >= 15 is 0 Å². The van der Waals surface area contributed by atoms with E-state index in [9.17, 15) is 9.59 Å². The van der Waals surface area contributed by atoms with Gasteiger partial charge >= 0.3 is 0 Å². The third kappa shape index (κ3) is 1.60. The van der Waals surface area contributed by atoms with E-state index in [1.807, 2.05) is 0 Å². The lowest BCUT2D eigenvalue weighted by Gasteiger charge is -2.20. The van der Waals surface area contributed by atoms with Crippen LogP contribution in [0.25, 0.3) is 0 Å². The highest BCUT2D eigenvalue weighted by Gasteiger charge is 2.33. The van der Waals surface area contributed by atoms with Crippen LogP contribution < -0.4 is 4.74 Å². The van der Waals surface area contributed by atoms with Crippen LogP contribution in [0.15, 0.2) is 30.3 Å². The fourth-order valence-corrected chi connectivity index (χ4v) is 2.98. The van der Waals surface area contributed by atoms with Crippen molar-refractivity contribution in [1.29, 1.82) is 0 Å². The van der Waals surface area contributed by atoms with E-state index in [1.54, 1.807) is 37.3 Å². The van der Waals surface area contributed by atoms with Crippen LogP contribution >= 0.6 is 11.6 Å². The molecule has 100 valence electrons. The van der Waals surface area contributed by atoms with E-state index in [-0.39, 0.29) is 22.2 Å². The Labute approximate surface area is 121 Å². The number of aryl methyl sites for hydroxylation is 1. The molecule has 0 fully saturated rings. The van der Waals surface area contributed by atoms with Gasteiger partial charge in [-0.15, -0.1) is 0 Å². The number of benzene rings is 2. The van der Waals surface area contributed by atoms with Crippen LogP contribution in [0.1, 0.15) is 37.4 Å². The molecule has 2 aromatic rings. The van der Waals surface area contributed by atoms with E-state index in [0.29, 0.717) is 22.4 Å². The number of carbonyl (C=O) groups excluding carboxylic acids is 2. The largest absolute Gasteiger partial charge is 0.495 e. The number of rotatable bonds is 1. The van der Waals surface area contributed by atoms with Crippen LogP contribution in [0, 0.1) is 6.92 Å². The second-order valence-electron chi connectivity index (χ2n) is 4.67. The molecule has 1 aliphatic rings. The van der Waals surface area contributed by atoms with Crippen molar-refractivity contribution < 1.29 is 14.3 Å². The van der Waals surface area contributed by atoms with Crippen molar-refractivity contribution >= 4 is 23.2 Å². The molecule has 20 heavy (non-hydrogen) atoms. The summed E-state index contributed by atoms with van der Waals surface area (Å²) in [7, 11) is 1.49. The van der Waals surface area contributed by atoms with Crippen molar-refractivity contribution in [3.05, 3.63) is 63.2 Å². The quantitative estimate of drug-likeness (QED) is 0.688. The Morgan fingerprint density at radius 1 is 1.00 bits per heavy atom. The summed E-state index contributed by atoms with van der Waals surface area (Å²) in [5.74, 6) is 0.0206. The highest BCUT2D eigenvalue weighted by Crippen LogP contribution is 2.39. The van der Waals surface area contributed by atoms with Crippen LogP contribution in [-0.2, 0) is 0 Å². The van der Waals surface area contributed by atoms with Crippen molar-refractivity contribution in [3.63, 3.8) is 0 Å². The van der Waals surface area contributed by atoms with Gasteiger partial charge in [0.05, 0.1) is 17.7 Å². The summed E-state index contributed by atoms with van der Waals surface area (Å²) in [5, 5.41) is 0.204. The summed E-state index contributed by atoms with van der Waals surface area (Å²) in [6.45, 7) is 1.79. The minimum absolute atomic E-state index is 0.178. The summed E-state index contributed by atoms with van der Waals surface area (Å²) in [6.07, 6.45) is 0. The van der Waals surface area contributed by atoms with Crippen molar-refractivity contribution in [2.45, 2.75) is 6.92 Å². The smallest absolute Gasteiger partial charge is 0.196 e. The Kier molecular flexibility index (Phi) is 2.87. The second kappa shape index (κ2) is 4.46. The maximum Gasteiger partial charge on any atom is 0.196 e. The average Bonchev–Trinajstić information content (AvgIpc) is 2.45. The summed E-state index contributed by atoms with van der Waals surface area (Å²) in [4.78, 5) is 25.1. The molecule has 0 unspecified atom stereocenters. The number of hydrogen-bond donors (Lipinski definition) is 0. The summed E-state index contributed by atoms with van der Waals surface area (Å²) in [6, 6.07) is 8.44. The molecular formula is C16H11ClO3. The topological polar surface area (TPSA) is 43.4 Å². The molecule has 0 bridgehead atoms. The first-order valence-electron chi connectivity index (χ1n) is 6.11.